The summed E-state index contributed by atoms with van der Waals surface area (Å²) in [5, 5.41) is 0. The number of rotatable bonds is 5. The highest BCUT2D eigenvalue weighted by Gasteiger charge is 2.32. The maximum atomic E-state index is 9.83. The molecule has 0 saturated heterocycles. The summed E-state index contributed by atoms with van der Waals surface area (Å²) in [6, 6.07) is 3.73. The van der Waals surface area contributed by atoms with Crippen molar-refractivity contribution in [2.24, 2.45) is 15.8 Å². The average Bonchev–Trinajstić information content (AvgIpc) is 2.52. The molecule has 1 heterocycles. The Labute approximate surface area is 146 Å². The van der Waals surface area contributed by atoms with E-state index in [4.69, 9.17) is 9.47 Å². The van der Waals surface area contributed by atoms with Crippen LogP contribution in [0.3, 0.4) is 0 Å². The Hall–Kier alpha value is -1.59. The fourth-order valence-electron chi connectivity index (χ4n) is 1.48. The van der Waals surface area contributed by atoms with Crippen LogP contribution in [0.25, 0.3) is 0 Å². The molecule has 136 valence electrons. The Morgan fingerprint density at radius 2 is 1.75 bits per heavy atom. The summed E-state index contributed by atoms with van der Waals surface area (Å²) in [5.74, 6) is -0.325. The molecule has 1 unspecified atom stereocenters. The van der Waals surface area contributed by atoms with Gasteiger partial charge in [0.25, 0.3) is 0 Å². The summed E-state index contributed by atoms with van der Waals surface area (Å²) in [6.07, 6.45) is 2.61. The first-order valence-corrected chi connectivity index (χ1v) is 7.96. The summed E-state index contributed by atoms with van der Waals surface area (Å²) in [4.78, 5) is 17.9. The van der Waals surface area contributed by atoms with Crippen LogP contribution in [0.4, 0.5) is 5.82 Å². The van der Waals surface area contributed by atoms with Crippen LogP contribution in [0.1, 0.15) is 54.0 Å². The van der Waals surface area contributed by atoms with Gasteiger partial charge in [0, 0.05) is 18.7 Å². The van der Waals surface area contributed by atoms with Gasteiger partial charge in [0.2, 0.25) is 0 Å². The molecular formula is C19H32N2O3. The number of hydrogen-bond donors (Lipinski definition) is 0. The topological polar surface area (TPSA) is 60.8 Å². The minimum absolute atomic E-state index is 0.0593. The highest BCUT2D eigenvalue weighted by Crippen LogP contribution is 2.33. The molecule has 0 aliphatic carbocycles. The number of carbonyl (C=O) groups excluding carboxylic acids is 1. The third-order valence-electron chi connectivity index (χ3n) is 2.95. The van der Waals surface area contributed by atoms with Crippen LogP contribution in [-0.4, -0.2) is 31.7 Å². The predicted octanol–water partition coefficient (Wildman–Crippen LogP) is 4.53. The maximum absolute atomic E-state index is 9.83. The molecule has 0 amide bonds. The van der Waals surface area contributed by atoms with Gasteiger partial charge in [-0.25, -0.2) is 9.98 Å². The normalized spacial score (nSPS) is 14.2. The molecule has 5 heteroatoms. The van der Waals surface area contributed by atoms with E-state index in [0.717, 1.165) is 11.8 Å². The van der Waals surface area contributed by atoms with Crippen LogP contribution in [0.2, 0.25) is 0 Å². The molecule has 1 rings (SSSR count). The van der Waals surface area contributed by atoms with Gasteiger partial charge in [-0.1, -0.05) is 41.5 Å². The van der Waals surface area contributed by atoms with E-state index in [2.05, 4.69) is 37.5 Å². The lowest BCUT2D eigenvalue weighted by atomic mass is 9.98. The van der Waals surface area contributed by atoms with Gasteiger partial charge in [0.05, 0.1) is 12.2 Å². The molecule has 0 saturated carbocycles. The standard InChI is InChI=1S/C14H22N2O2.C5H10O/c1-13(2,3)10-18-14(4,17-6)11-8-7-9-16-12(11)15-5;1-5(2,3)4-6/h7-9H,5,10H2,1-4,6H3;4H,1-3H3. The van der Waals surface area contributed by atoms with Gasteiger partial charge in [-0.05, 0) is 31.2 Å². The quantitative estimate of drug-likeness (QED) is 0.450. The summed E-state index contributed by atoms with van der Waals surface area (Å²) >= 11 is 0. The summed E-state index contributed by atoms with van der Waals surface area (Å²) < 4.78 is 11.4. The van der Waals surface area contributed by atoms with E-state index in [1.807, 2.05) is 39.8 Å². The van der Waals surface area contributed by atoms with Gasteiger partial charge < -0.3 is 14.3 Å². The van der Waals surface area contributed by atoms with Crippen molar-refractivity contribution in [3.63, 3.8) is 0 Å². The van der Waals surface area contributed by atoms with Crippen LogP contribution in [0.15, 0.2) is 23.3 Å². The van der Waals surface area contributed by atoms with Crippen molar-refractivity contribution in [1.29, 1.82) is 0 Å². The Morgan fingerprint density at radius 3 is 2.12 bits per heavy atom. The lowest BCUT2D eigenvalue weighted by molar-refractivity contribution is -0.230. The third-order valence-corrected chi connectivity index (χ3v) is 2.95. The Kier molecular flexibility index (Phi) is 8.44. The average molecular weight is 336 g/mol. The third kappa shape index (κ3) is 8.31. The molecule has 0 N–H and O–H groups in total. The molecule has 24 heavy (non-hydrogen) atoms. The molecule has 0 spiro atoms. The number of carbonyl (C=O) groups is 1. The smallest absolute Gasteiger partial charge is 0.195 e. The van der Waals surface area contributed by atoms with Gasteiger partial charge in [0.15, 0.2) is 11.6 Å². The lowest BCUT2D eigenvalue weighted by Crippen LogP contribution is -2.32. The summed E-state index contributed by atoms with van der Waals surface area (Å²) in [5.41, 5.74) is 0.704. The predicted molar refractivity (Wildman–Crippen MR) is 98.7 cm³/mol. The summed E-state index contributed by atoms with van der Waals surface area (Å²) in [7, 11) is 1.61. The molecule has 0 aliphatic rings. The zero-order valence-corrected chi connectivity index (χ0v) is 16.3. The van der Waals surface area contributed by atoms with Crippen LogP contribution in [0.5, 0.6) is 0 Å². The van der Waals surface area contributed by atoms with Crippen molar-refractivity contribution >= 4 is 18.8 Å². The highest BCUT2D eigenvalue weighted by atomic mass is 16.7. The number of pyridine rings is 1. The molecule has 0 aromatic carbocycles. The molecule has 0 bridgehead atoms. The van der Waals surface area contributed by atoms with Gasteiger partial charge >= 0.3 is 0 Å². The maximum Gasteiger partial charge on any atom is 0.195 e. The van der Waals surface area contributed by atoms with Crippen molar-refractivity contribution in [2.75, 3.05) is 13.7 Å². The van der Waals surface area contributed by atoms with Gasteiger partial charge in [-0.2, -0.15) is 0 Å². The van der Waals surface area contributed by atoms with Crippen molar-refractivity contribution in [3.05, 3.63) is 23.9 Å². The second-order valence-electron chi connectivity index (χ2n) is 8.02. The first-order chi connectivity index (χ1) is 10.9. The van der Waals surface area contributed by atoms with E-state index in [1.54, 1.807) is 13.3 Å². The molecule has 1 aromatic heterocycles. The van der Waals surface area contributed by atoms with E-state index in [0.29, 0.717) is 12.4 Å². The summed E-state index contributed by atoms with van der Waals surface area (Å²) in [6.45, 7) is 17.9. The number of hydrogen-bond acceptors (Lipinski definition) is 5. The lowest BCUT2D eigenvalue weighted by Gasteiger charge is -2.32. The molecule has 1 atom stereocenters. The number of methoxy groups -OCH3 is 1. The molecule has 5 nitrogen and oxygen atoms in total. The van der Waals surface area contributed by atoms with Crippen LogP contribution in [-0.2, 0) is 20.1 Å². The highest BCUT2D eigenvalue weighted by molar-refractivity contribution is 5.56. The zero-order chi connectivity index (χ0) is 19.0. The number of nitrogens with zero attached hydrogens (tertiary/aromatic N) is 2. The second kappa shape index (κ2) is 9.04. The number of aromatic nitrogens is 1. The SMILES string of the molecule is C=Nc1ncccc1C(C)(OC)OCC(C)(C)C.CC(C)(C)C=O. The van der Waals surface area contributed by atoms with E-state index in [9.17, 15) is 4.79 Å². The molecule has 0 radical (unpaired) electrons. The first-order valence-electron chi connectivity index (χ1n) is 7.96. The van der Waals surface area contributed by atoms with Gasteiger partial charge in [0.1, 0.15) is 6.29 Å². The van der Waals surface area contributed by atoms with Gasteiger partial charge in [-0.15, -0.1) is 0 Å². The number of aldehydes is 1. The van der Waals surface area contributed by atoms with E-state index >= 15 is 0 Å². The van der Waals surface area contributed by atoms with Crippen LogP contribution in [0, 0.1) is 10.8 Å². The van der Waals surface area contributed by atoms with Crippen molar-refractivity contribution in [3.8, 4) is 0 Å². The number of ether oxygens (including phenoxy) is 2. The van der Waals surface area contributed by atoms with Crippen molar-refractivity contribution in [2.45, 2.75) is 54.3 Å². The van der Waals surface area contributed by atoms with Crippen LogP contribution < -0.4 is 0 Å². The monoisotopic (exact) mass is 336 g/mol. The minimum atomic E-state index is -0.863. The fraction of sp³-hybridized carbons (Fsp3) is 0.632. The molecule has 1 aromatic rings. The fourth-order valence-corrected chi connectivity index (χ4v) is 1.48. The zero-order valence-electron chi connectivity index (χ0n) is 16.3. The Balaban J connectivity index is 0.000000754. The first kappa shape index (κ1) is 22.4. The number of aliphatic imine (C=N–C) groups is 1. The largest absolute Gasteiger partial charge is 0.349 e. The van der Waals surface area contributed by atoms with Crippen molar-refractivity contribution in [1.82, 2.24) is 4.98 Å². The molecule has 0 fully saturated rings. The Morgan fingerprint density at radius 1 is 1.21 bits per heavy atom. The van der Waals surface area contributed by atoms with Gasteiger partial charge in [-0.3, -0.25) is 0 Å². The molecule has 0 aliphatic heterocycles. The Bertz CT molecular complexity index is 530. The minimum Gasteiger partial charge on any atom is -0.349 e. The van der Waals surface area contributed by atoms with E-state index in [1.165, 1.54) is 0 Å². The van der Waals surface area contributed by atoms with Crippen molar-refractivity contribution < 1.29 is 14.3 Å². The van der Waals surface area contributed by atoms with E-state index < -0.39 is 5.79 Å². The van der Waals surface area contributed by atoms with E-state index in [-0.39, 0.29) is 10.8 Å². The molecular weight excluding hydrogens is 304 g/mol. The van der Waals surface area contributed by atoms with Crippen LogP contribution >= 0.6 is 0 Å². The second-order valence-corrected chi connectivity index (χ2v) is 8.02.